The first kappa shape index (κ1) is 7.39. The van der Waals surface area contributed by atoms with Crippen LogP contribution in [0.15, 0.2) is 4.99 Å². The third-order valence-electron chi connectivity index (χ3n) is 1.16. The first-order chi connectivity index (χ1) is 6.36. The highest BCUT2D eigenvalue weighted by atomic mass is 16.4. The van der Waals surface area contributed by atoms with Crippen molar-refractivity contribution in [3.63, 3.8) is 0 Å². The lowest BCUT2D eigenvalue weighted by Gasteiger charge is -1.95. The summed E-state index contributed by atoms with van der Waals surface area (Å²) in [4.78, 5) is 14.0. The molecule has 0 rings (SSSR count). The zero-order chi connectivity index (χ0) is 11.2. The Kier molecular flexibility index (Phi) is 3.97. The fourth-order valence-electron chi connectivity index (χ4n) is 0.640. The lowest BCUT2D eigenvalue weighted by Crippen LogP contribution is -2.22. The predicted molar refractivity (Wildman–Crippen MR) is 46.8 cm³/mol. The fraction of sp³-hybridized carbons (Fsp3) is 0.714. The van der Waals surface area contributed by atoms with Gasteiger partial charge in [-0.3, -0.25) is 9.79 Å². The van der Waals surface area contributed by atoms with E-state index in [4.69, 9.17) is 19.3 Å². The van der Waals surface area contributed by atoms with Gasteiger partial charge in [-0.1, -0.05) is 6.42 Å². The third kappa shape index (κ3) is 8.74. The molecule has 0 aromatic carbocycles. The van der Waals surface area contributed by atoms with E-state index in [-0.39, 0.29) is 12.4 Å². The molecule has 0 bridgehead atoms. The summed E-state index contributed by atoms with van der Waals surface area (Å²) in [5, 5.41) is 8.44. The number of guanidine groups is 1. The Morgan fingerprint density at radius 1 is 1.42 bits per heavy atom. The number of carboxylic acids is 1. The lowest BCUT2D eigenvalue weighted by molar-refractivity contribution is -0.137. The molecule has 0 saturated carbocycles. The van der Waals surface area contributed by atoms with E-state index in [1.54, 1.807) is 0 Å². The van der Waals surface area contributed by atoms with Crippen LogP contribution in [0.4, 0.5) is 0 Å². The summed E-state index contributed by atoms with van der Waals surface area (Å²) in [5.74, 6) is -1.44. The van der Waals surface area contributed by atoms with Gasteiger partial charge in [0.15, 0.2) is 5.96 Å². The van der Waals surface area contributed by atoms with Crippen LogP contribution in [0.2, 0.25) is 0 Å². The number of rotatable bonds is 6. The summed E-state index contributed by atoms with van der Waals surface area (Å²) in [6.07, 6.45) is -1.17. The van der Waals surface area contributed by atoms with Crippen molar-refractivity contribution in [2.75, 3.05) is 6.54 Å². The van der Waals surface area contributed by atoms with Gasteiger partial charge in [-0.05, 0) is 12.8 Å². The van der Waals surface area contributed by atoms with Crippen LogP contribution in [-0.4, -0.2) is 23.6 Å². The minimum Gasteiger partial charge on any atom is -0.481 e. The van der Waals surface area contributed by atoms with Crippen molar-refractivity contribution < 1.29 is 12.6 Å². The molecule has 0 unspecified atom stereocenters. The number of hydrogen-bond donors (Lipinski definition) is 3. The highest BCUT2D eigenvalue weighted by molar-refractivity contribution is 5.75. The Morgan fingerprint density at radius 2 is 2.08 bits per heavy atom. The monoisotopic (exact) mass is 175 g/mol. The summed E-state index contributed by atoms with van der Waals surface area (Å²) in [6, 6.07) is 0. The van der Waals surface area contributed by atoms with E-state index in [0.717, 1.165) is 0 Å². The van der Waals surface area contributed by atoms with Crippen molar-refractivity contribution in [1.29, 1.82) is 0 Å². The van der Waals surface area contributed by atoms with E-state index in [0.29, 0.717) is 19.4 Å². The van der Waals surface area contributed by atoms with Crippen LogP contribution in [0.1, 0.15) is 28.4 Å². The van der Waals surface area contributed by atoms with Crippen LogP contribution < -0.4 is 11.5 Å². The molecule has 5 heteroatoms. The van der Waals surface area contributed by atoms with Gasteiger partial charge in [0.25, 0.3) is 0 Å². The molecule has 0 radical (unpaired) electrons. The molecular weight excluding hydrogens is 158 g/mol. The van der Waals surface area contributed by atoms with Gasteiger partial charge >= 0.3 is 5.97 Å². The van der Waals surface area contributed by atoms with Crippen molar-refractivity contribution in [1.82, 2.24) is 0 Å². The Labute approximate surface area is 74.3 Å². The van der Waals surface area contributed by atoms with E-state index < -0.39 is 12.3 Å². The number of aliphatic carboxylic acids is 1. The van der Waals surface area contributed by atoms with Crippen LogP contribution in [-0.2, 0) is 4.79 Å². The average Bonchev–Trinajstić information content (AvgIpc) is 2.02. The van der Waals surface area contributed by atoms with Crippen molar-refractivity contribution in [2.24, 2.45) is 16.5 Å². The SMILES string of the molecule is [2H]C([2H])(CCCCN=C(N)N)C(=O)O. The largest absolute Gasteiger partial charge is 0.481 e. The van der Waals surface area contributed by atoms with Gasteiger partial charge in [0.2, 0.25) is 0 Å². The van der Waals surface area contributed by atoms with Crippen LogP contribution in [0.3, 0.4) is 0 Å². The maximum Gasteiger partial charge on any atom is 0.303 e. The van der Waals surface area contributed by atoms with Gasteiger partial charge in [0.1, 0.15) is 0 Å². The minimum atomic E-state index is -2.15. The maximum absolute atomic E-state index is 10.4. The molecule has 0 aromatic heterocycles. The molecule has 0 saturated heterocycles. The van der Waals surface area contributed by atoms with Crippen LogP contribution >= 0.6 is 0 Å². The quantitative estimate of drug-likeness (QED) is 0.298. The predicted octanol–water partition coefficient (Wildman–Crippen LogP) is -0.0952. The van der Waals surface area contributed by atoms with E-state index >= 15 is 0 Å². The van der Waals surface area contributed by atoms with Gasteiger partial charge in [-0.2, -0.15) is 0 Å². The summed E-state index contributed by atoms with van der Waals surface area (Å²) < 4.78 is 14.2. The summed E-state index contributed by atoms with van der Waals surface area (Å²) in [6.45, 7) is 0.401. The molecule has 0 atom stereocenters. The summed E-state index contributed by atoms with van der Waals surface area (Å²) >= 11 is 0. The third-order valence-corrected chi connectivity index (χ3v) is 1.16. The molecule has 5 nitrogen and oxygen atoms in total. The van der Waals surface area contributed by atoms with Gasteiger partial charge < -0.3 is 16.6 Å². The normalized spacial score (nSPS) is 13.0. The molecule has 0 spiro atoms. The zero-order valence-electron chi connectivity index (χ0n) is 8.79. The standard InChI is InChI=1S/C7H15N3O2/c8-7(9)10-5-3-1-2-4-6(11)12/h1-5H2,(H,11,12)(H4,8,9,10)/i4D2. The summed E-state index contributed by atoms with van der Waals surface area (Å²) in [7, 11) is 0. The number of carbonyl (C=O) groups is 1. The fourth-order valence-corrected chi connectivity index (χ4v) is 0.640. The first-order valence-corrected chi connectivity index (χ1v) is 3.65. The number of aliphatic imine (C=N–C) groups is 1. The Morgan fingerprint density at radius 3 is 2.58 bits per heavy atom. The molecule has 0 aliphatic rings. The lowest BCUT2D eigenvalue weighted by atomic mass is 10.2. The van der Waals surface area contributed by atoms with Gasteiger partial charge in [0, 0.05) is 15.7 Å². The molecule has 12 heavy (non-hydrogen) atoms. The molecular formula is C7H15N3O2. The van der Waals surface area contributed by atoms with Crippen molar-refractivity contribution in [3.05, 3.63) is 0 Å². The van der Waals surface area contributed by atoms with Gasteiger partial charge in [-0.25, -0.2) is 0 Å². The van der Waals surface area contributed by atoms with Gasteiger partial charge in [-0.15, -0.1) is 0 Å². The van der Waals surface area contributed by atoms with Crippen molar-refractivity contribution in [3.8, 4) is 0 Å². The van der Waals surface area contributed by atoms with E-state index in [9.17, 15) is 4.79 Å². The second kappa shape index (κ2) is 6.45. The molecule has 0 amide bonds. The number of hydrogen-bond acceptors (Lipinski definition) is 2. The molecule has 0 aliphatic carbocycles. The van der Waals surface area contributed by atoms with Crippen LogP contribution in [0.25, 0.3) is 0 Å². The number of nitrogens with zero attached hydrogens (tertiary/aromatic N) is 1. The molecule has 5 N–H and O–H groups in total. The molecule has 70 valence electrons. The zero-order valence-corrected chi connectivity index (χ0v) is 6.79. The van der Waals surface area contributed by atoms with E-state index in [1.807, 2.05) is 0 Å². The molecule has 0 heterocycles. The maximum atomic E-state index is 10.4. The molecule has 0 fully saturated rings. The smallest absolute Gasteiger partial charge is 0.303 e. The van der Waals surface area contributed by atoms with Crippen LogP contribution in [0.5, 0.6) is 0 Å². The molecule has 0 aromatic rings. The Bertz CT molecular complexity index is 227. The second-order valence-corrected chi connectivity index (χ2v) is 2.25. The Balaban J connectivity index is 3.65. The van der Waals surface area contributed by atoms with Crippen molar-refractivity contribution >= 4 is 11.9 Å². The summed E-state index contributed by atoms with van der Waals surface area (Å²) in [5.41, 5.74) is 10.1. The number of nitrogens with two attached hydrogens (primary N) is 2. The Hall–Kier alpha value is -1.26. The second-order valence-electron chi connectivity index (χ2n) is 2.25. The first-order valence-electron chi connectivity index (χ1n) is 4.65. The number of carboxylic acid groups (broad SMARTS) is 1. The highest BCUT2D eigenvalue weighted by Crippen LogP contribution is 1.99. The van der Waals surface area contributed by atoms with Crippen LogP contribution in [0, 0.1) is 0 Å². The average molecular weight is 175 g/mol. The van der Waals surface area contributed by atoms with Crippen molar-refractivity contribution in [2.45, 2.75) is 25.6 Å². The van der Waals surface area contributed by atoms with Gasteiger partial charge in [0.05, 0.1) is 0 Å². The minimum absolute atomic E-state index is 0.00811. The van der Waals surface area contributed by atoms with E-state index in [2.05, 4.69) is 4.99 Å². The molecule has 0 aliphatic heterocycles. The van der Waals surface area contributed by atoms with E-state index in [1.165, 1.54) is 0 Å². The highest BCUT2D eigenvalue weighted by Gasteiger charge is 1.95. The topological polar surface area (TPSA) is 102 Å². The number of unbranched alkanes of at least 4 members (excludes halogenated alkanes) is 1.